The lowest BCUT2D eigenvalue weighted by Crippen LogP contribution is -2.26. The lowest BCUT2D eigenvalue weighted by molar-refractivity contribution is 0.124. The second kappa shape index (κ2) is 7.57. The van der Waals surface area contributed by atoms with E-state index < -0.39 is 5.95 Å². The normalized spacial score (nSPS) is 19.7. The van der Waals surface area contributed by atoms with Gasteiger partial charge >= 0.3 is 0 Å². The highest BCUT2D eigenvalue weighted by molar-refractivity contribution is 9.10. The Kier molecular flexibility index (Phi) is 5.49. The van der Waals surface area contributed by atoms with Crippen LogP contribution in [-0.2, 0) is 0 Å². The first kappa shape index (κ1) is 16.0. The molecular formula is C15H21BrFN3O2. The molecule has 1 aromatic rings. The summed E-state index contributed by atoms with van der Waals surface area (Å²) in [5, 5.41) is 0. The van der Waals surface area contributed by atoms with E-state index in [1.54, 1.807) is 0 Å². The van der Waals surface area contributed by atoms with Crippen LogP contribution < -0.4 is 9.47 Å². The molecule has 0 saturated carbocycles. The van der Waals surface area contributed by atoms with Crippen LogP contribution in [0.5, 0.6) is 11.5 Å². The molecule has 0 radical (unpaired) electrons. The van der Waals surface area contributed by atoms with Crippen molar-refractivity contribution in [3.8, 4) is 11.5 Å². The highest BCUT2D eigenvalue weighted by atomic mass is 79.9. The van der Waals surface area contributed by atoms with Gasteiger partial charge in [-0.3, -0.25) is 9.80 Å². The first-order valence-electron chi connectivity index (χ1n) is 7.78. The minimum atomic E-state index is -0.579. The van der Waals surface area contributed by atoms with E-state index in [4.69, 9.17) is 9.47 Å². The first-order chi connectivity index (χ1) is 10.7. The van der Waals surface area contributed by atoms with Crippen molar-refractivity contribution in [2.75, 3.05) is 39.6 Å². The number of pyridine rings is 1. The third-order valence-electron chi connectivity index (χ3n) is 4.09. The molecule has 0 spiro atoms. The Bertz CT molecular complexity index is 506. The number of hydrogen-bond donors (Lipinski definition) is 0. The molecule has 7 heteroatoms. The number of halogens is 2. The Labute approximate surface area is 138 Å². The van der Waals surface area contributed by atoms with E-state index in [-0.39, 0.29) is 4.47 Å². The largest absolute Gasteiger partial charge is 0.473 e. The predicted molar refractivity (Wildman–Crippen MR) is 84.5 cm³/mol. The second-order valence-electron chi connectivity index (χ2n) is 5.75. The molecule has 0 bridgehead atoms. The Morgan fingerprint density at radius 3 is 2.14 bits per heavy atom. The molecule has 22 heavy (non-hydrogen) atoms. The number of hydrogen-bond acceptors (Lipinski definition) is 5. The Morgan fingerprint density at radius 2 is 1.55 bits per heavy atom. The van der Waals surface area contributed by atoms with Gasteiger partial charge in [-0.2, -0.15) is 4.39 Å². The number of aromatic nitrogens is 1. The van der Waals surface area contributed by atoms with Crippen LogP contribution in [0.4, 0.5) is 4.39 Å². The third-order valence-corrected chi connectivity index (χ3v) is 4.78. The Morgan fingerprint density at radius 1 is 1.00 bits per heavy atom. The average molecular weight is 374 g/mol. The minimum absolute atomic E-state index is 0.227. The van der Waals surface area contributed by atoms with Gasteiger partial charge < -0.3 is 9.47 Å². The summed E-state index contributed by atoms with van der Waals surface area (Å²) in [6.45, 7) is 5.06. The van der Waals surface area contributed by atoms with E-state index in [0.717, 1.165) is 26.2 Å². The fourth-order valence-electron chi connectivity index (χ4n) is 2.81. The maximum Gasteiger partial charge on any atom is 0.231 e. The van der Waals surface area contributed by atoms with E-state index in [9.17, 15) is 4.39 Å². The summed E-state index contributed by atoms with van der Waals surface area (Å²) in [6.07, 6.45) is 6.18. The highest BCUT2D eigenvalue weighted by Crippen LogP contribution is 2.36. The number of rotatable bonds is 6. The zero-order valence-corrected chi connectivity index (χ0v) is 14.1. The zero-order valence-electron chi connectivity index (χ0n) is 12.6. The topological polar surface area (TPSA) is 37.8 Å². The van der Waals surface area contributed by atoms with Crippen molar-refractivity contribution in [2.45, 2.75) is 25.7 Å². The van der Waals surface area contributed by atoms with E-state index in [1.807, 2.05) is 0 Å². The second-order valence-corrected chi connectivity index (χ2v) is 6.55. The quantitative estimate of drug-likeness (QED) is 0.716. The molecule has 2 saturated heterocycles. The number of ether oxygens (including phenoxy) is 2. The van der Waals surface area contributed by atoms with E-state index in [1.165, 1.54) is 31.9 Å². The summed E-state index contributed by atoms with van der Waals surface area (Å²) in [5.41, 5.74) is 0. The van der Waals surface area contributed by atoms with Gasteiger partial charge in [0.1, 0.15) is 17.9 Å². The molecular weight excluding hydrogens is 353 g/mol. The van der Waals surface area contributed by atoms with Crippen molar-refractivity contribution >= 4 is 15.9 Å². The fourth-order valence-corrected chi connectivity index (χ4v) is 3.22. The molecule has 5 nitrogen and oxygen atoms in total. The van der Waals surface area contributed by atoms with Gasteiger partial charge in [0.15, 0.2) is 11.5 Å². The van der Waals surface area contributed by atoms with Gasteiger partial charge in [-0.15, -0.1) is 0 Å². The summed E-state index contributed by atoms with van der Waals surface area (Å²) >= 11 is 3.22. The predicted octanol–water partition coefficient (Wildman–Crippen LogP) is 2.85. The SMILES string of the molecule is Fc1ncc(OCN2CCCC2)c(OCN2CCCC2)c1Br. The summed E-state index contributed by atoms with van der Waals surface area (Å²) in [7, 11) is 0. The van der Waals surface area contributed by atoms with Gasteiger partial charge in [0, 0.05) is 26.2 Å². The molecule has 2 fully saturated rings. The summed E-state index contributed by atoms with van der Waals surface area (Å²) in [6, 6.07) is 0. The summed E-state index contributed by atoms with van der Waals surface area (Å²) in [5.74, 6) is 0.308. The van der Waals surface area contributed by atoms with Crippen LogP contribution in [0.1, 0.15) is 25.7 Å². The van der Waals surface area contributed by atoms with Crippen LogP contribution >= 0.6 is 15.9 Å². The molecule has 0 atom stereocenters. The van der Waals surface area contributed by atoms with Crippen molar-refractivity contribution in [3.05, 3.63) is 16.6 Å². The molecule has 0 aromatic carbocycles. The van der Waals surface area contributed by atoms with E-state index in [2.05, 4.69) is 30.7 Å². The summed E-state index contributed by atoms with van der Waals surface area (Å²) in [4.78, 5) is 8.14. The lowest BCUT2D eigenvalue weighted by atomic mass is 10.4. The standard InChI is InChI=1S/C15H21BrFN3O2/c16-13-14(22-11-20-7-3-4-8-20)12(9-18-15(13)17)21-10-19-5-1-2-6-19/h9H,1-8,10-11H2. The van der Waals surface area contributed by atoms with Gasteiger partial charge in [0.25, 0.3) is 0 Å². The third kappa shape index (κ3) is 3.88. The molecule has 122 valence electrons. The van der Waals surface area contributed by atoms with Crippen molar-refractivity contribution in [3.63, 3.8) is 0 Å². The van der Waals surface area contributed by atoms with Gasteiger partial charge in [0.2, 0.25) is 5.95 Å². The molecule has 3 rings (SSSR count). The van der Waals surface area contributed by atoms with Gasteiger partial charge in [-0.1, -0.05) is 0 Å². The lowest BCUT2D eigenvalue weighted by Gasteiger charge is -2.20. The van der Waals surface area contributed by atoms with Gasteiger partial charge in [-0.25, -0.2) is 4.98 Å². The maximum absolute atomic E-state index is 13.7. The van der Waals surface area contributed by atoms with E-state index in [0.29, 0.717) is 25.0 Å². The first-order valence-corrected chi connectivity index (χ1v) is 8.57. The summed E-state index contributed by atoms with van der Waals surface area (Å²) < 4.78 is 25.5. The molecule has 0 N–H and O–H groups in total. The van der Waals surface area contributed by atoms with Crippen LogP contribution in [0, 0.1) is 5.95 Å². The molecule has 2 aliphatic heterocycles. The Balaban J connectivity index is 1.65. The highest BCUT2D eigenvalue weighted by Gasteiger charge is 2.20. The fraction of sp³-hybridized carbons (Fsp3) is 0.667. The van der Waals surface area contributed by atoms with Crippen LogP contribution in [0.3, 0.4) is 0 Å². The molecule has 0 unspecified atom stereocenters. The zero-order chi connectivity index (χ0) is 15.4. The number of nitrogens with zero attached hydrogens (tertiary/aromatic N) is 3. The van der Waals surface area contributed by atoms with E-state index >= 15 is 0 Å². The molecule has 1 aromatic heterocycles. The maximum atomic E-state index is 13.7. The minimum Gasteiger partial charge on any atom is -0.473 e. The molecule has 0 aliphatic carbocycles. The van der Waals surface area contributed by atoms with Crippen LogP contribution in [0.25, 0.3) is 0 Å². The van der Waals surface area contributed by atoms with Crippen LogP contribution in [0.15, 0.2) is 10.7 Å². The smallest absolute Gasteiger partial charge is 0.231 e. The van der Waals surface area contributed by atoms with Crippen molar-refractivity contribution in [2.24, 2.45) is 0 Å². The molecule has 3 heterocycles. The van der Waals surface area contributed by atoms with Crippen molar-refractivity contribution in [1.82, 2.24) is 14.8 Å². The molecule has 0 amide bonds. The van der Waals surface area contributed by atoms with Crippen molar-refractivity contribution in [1.29, 1.82) is 0 Å². The average Bonchev–Trinajstić information content (AvgIpc) is 3.20. The van der Waals surface area contributed by atoms with Crippen LogP contribution in [-0.4, -0.2) is 54.4 Å². The van der Waals surface area contributed by atoms with Gasteiger partial charge in [-0.05, 0) is 41.6 Å². The monoisotopic (exact) mass is 373 g/mol. The van der Waals surface area contributed by atoms with Crippen molar-refractivity contribution < 1.29 is 13.9 Å². The number of likely N-dealkylation sites (tertiary alicyclic amines) is 2. The van der Waals surface area contributed by atoms with Gasteiger partial charge in [0.05, 0.1) is 6.20 Å². The van der Waals surface area contributed by atoms with Crippen LogP contribution in [0.2, 0.25) is 0 Å². The Hall–Kier alpha value is -0.920. The molecule has 2 aliphatic rings.